The lowest BCUT2D eigenvalue weighted by Crippen LogP contribution is -2.77. The highest BCUT2D eigenvalue weighted by Crippen LogP contribution is 2.46. The van der Waals surface area contributed by atoms with E-state index in [1.54, 1.807) is 0 Å². The average Bonchev–Trinajstić information content (AvgIpc) is 2.76. The van der Waals surface area contributed by atoms with Crippen molar-refractivity contribution >= 4 is 5.91 Å². The van der Waals surface area contributed by atoms with E-state index in [-0.39, 0.29) is 17.0 Å². The maximum atomic E-state index is 12.1. The van der Waals surface area contributed by atoms with Gasteiger partial charge in [-0.05, 0) is 18.4 Å². The second-order valence-corrected chi connectivity index (χ2v) is 6.11. The van der Waals surface area contributed by atoms with Gasteiger partial charge in [-0.1, -0.05) is 30.3 Å². The molecule has 3 heterocycles. The molecule has 0 aliphatic carbocycles. The predicted molar refractivity (Wildman–Crippen MR) is 72.6 cm³/mol. The largest absolute Gasteiger partial charge is 0.352 e. The highest BCUT2D eigenvalue weighted by atomic mass is 16.2. The number of carbonyl (C=O) groups is 1. The van der Waals surface area contributed by atoms with Crippen molar-refractivity contribution in [1.29, 1.82) is 0 Å². The summed E-state index contributed by atoms with van der Waals surface area (Å²) in [5.74, 6) is 0.229. The smallest absolute Gasteiger partial charge is 0.242 e. The lowest BCUT2D eigenvalue weighted by Gasteiger charge is -2.54. The number of carbonyl (C=O) groups excluding carboxylic acids is 1. The number of rotatable bonds is 2. The van der Waals surface area contributed by atoms with Crippen LogP contribution in [0.25, 0.3) is 0 Å². The molecular weight excluding hydrogens is 238 g/mol. The second kappa shape index (κ2) is 3.81. The first-order chi connectivity index (χ1) is 9.25. The summed E-state index contributed by atoms with van der Waals surface area (Å²) >= 11 is 0. The van der Waals surface area contributed by atoms with Gasteiger partial charge in [0.05, 0.1) is 0 Å². The van der Waals surface area contributed by atoms with Gasteiger partial charge in [0.15, 0.2) is 0 Å². The van der Waals surface area contributed by atoms with Crippen molar-refractivity contribution in [2.45, 2.75) is 30.5 Å². The van der Waals surface area contributed by atoms with E-state index in [4.69, 9.17) is 0 Å². The molecule has 2 spiro atoms. The number of benzene rings is 1. The van der Waals surface area contributed by atoms with Crippen molar-refractivity contribution in [2.24, 2.45) is 0 Å². The average molecular weight is 257 g/mol. The number of hydrogen-bond donors (Lipinski definition) is 2. The zero-order chi connectivity index (χ0) is 12.9. The van der Waals surface area contributed by atoms with Gasteiger partial charge >= 0.3 is 0 Å². The van der Waals surface area contributed by atoms with Gasteiger partial charge in [0.25, 0.3) is 0 Å². The highest BCUT2D eigenvalue weighted by Gasteiger charge is 2.63. The number of nitrogens with one attached hydrogen (secondary N) is 2. The Balaban J connectivity index is 1.66. The van der Waals surface area contributed by atoms with Gasteiger partial charge in [0, 0.05) is 31.7 Å². The highest BCUT2D eigenvalue weighted by molar-refractivity contribution is 5.93. The second-order valence-electron chi connectivity index (χ2n) is 6.11. The maximum Gasteiger partial charge on any atom is 0.242 e. The molecular formula is C15H19N3O. The van der Waals surface area contributed by atoms with E-state index in [9.17, 15) is 4.79 Å². The van der Waals surface area contributed by atoms with Gasteiger partial charge in [-0.15, -0.1) is 0 Å². The van der Waals surface area contributed by atoms with Crippen LogP contribution in [0.3, 0.4) is 0 Å². The lowest BCUT2D eigenvalue weighted by atomic mass is 9.88. The van der Waals surface area contributed by atoms with Gasteiger partial charge in [-0.3, -0.25) is 9.69 Å². The van der Waals surface area contributed by atoms with E-state index in [1.165, 1.54) is 5.56 Å². The van der Waals surface area contributed by atoms with Crippen LogP contribution >= 0.6 is 0 Å². The third-order valence-corrected chi connectivity index (χ3v) is 5.15. The van der Waals surface area contributed by atoms with Gasteiger partial charge in [0.1, 0.15) is 5.54 Å². The fourth-order valence-corrected chi connectivity index (χ4v) is 3.81. The number of amides is 1. The molecule has 3 saturated heterocycles. The van der Waals surface area contributed by atoms with Gasteiger partial charge in [0.2, 0.25) is 5.91 Å². The minimum Gasteiger partial charge on any atom is -0.352 e. The Labute approximate surface area is 113 Å². The summed E-state index contributed by atoms with van der Waals surface area (Å²) in [6.45, 7) is 3.75. The van der Waals surface area contributed by atoms with E-state index in [1.807, 2.05) is 6.07 Å². The molecule has 4 rings (SSSR count). The molecule has 1 atom stereocenters. The molecule has 1 aromatic carbocycles. The van der Waals surface area contributed by atoms with E-state index < -0.39 is 0 Å². The van der Waals surface area contributed by atoms with Crippen molar-refractivity contribution in [3.05, 3.63) is 35.9 Å². The standard InChI is InChI=1S/C15H19N3O/c19-13-15(11-17-13)7-6-14(9-16-10-14)18(15)8-12-4-2-1-3-5-12/h1-5,16H,6-11H2,(H,17,19). The molecule has 4 nitrogen and oxygen atoms in total. The molecule has 1 aromatic rings. The van der Waals surface area contributed by atoms with Gasteiger partial charge in [-0.2, -0.15) is 0 Å². The molecule has 19 heavy (non-hydrogen) atoms. The molecule has 2 N–H and O–H groups in total. The zero-order valence-corrected chi connectivity index (χ0v) is 11.0. The minimum absolute atomic E-state index is 0.216. The molecule has 4 heteroatoms. The number of β-lactam (4-membered cyclic amide) rings is 1. The molecule has 0 saturated carbocycles. The molecule has 100 valence electrons. The number of likely N-dealkylation sites (tertiary alicyclic amines) is 1. The van der Waals surface area contributed by atoms with Crippen LogP contribution in [0.2, 0.25) is 0 Å². The fourth-order valence-electron chi connectivity index (χ4n) is 3.81. The molecule has 0 radical (unpaired) electrons. The van der Waals surface area contributed by atoms with E-state index in [0.29, 0.717) is 0 Å². The summed E-state index contributed by atoms with van der Waals surface area (Å²) in [5, 5.41) is 6.33. The SMILES string of the molecule is O=C1NCC12CCC1(CNC1)N2Cc1ccccc1. The molecule has 1 amide bonds. The molecule has 3 aliphatic rings. The maximum absolute atomic E-state index is 12.1. The Morgan fingerprint density at radius 1 is 1.11 bits per heavy atom. The number of hydrogen-bond acceptors (Lipinski definition) is 3. The van der Waals surface area contributed by atoms with E-state index in [0.717, 1.165) is 39.0 Å². The van der Waals surface area contributed by atoms with Crippen LogP contribution in [-0.2, 0) is 11.3 Å². The van der Waals surface area contributed by atoms with Gasteiger partial charge < -0.3 is 10.6 Å². The van der Waals surface area contributed by atoms with Gasteiger partial charge in [-0.25, -0.2) is 0 Å². The third-order valence-electron chi connectivity index (χ3n) is 5.15. The van der Waals surface area contributed by atoms with Crippen LogP contribution in [0.15, 0.2) is 30.3 Å². The van der Waals surface area contributed by atoms with Crippen LogP contribution in [-0.4, -0.2) is 41.5 Å². The first-order valence-corrected chi connectivity index (χ1v) is 7.06. The summed E-state index contributed by atoms with van der Waals surface area (Å²) in [4.78, 5) is 14.6. The Kier molecular flexibility index (Phi) is 2.29. The number of nitrogens with zero attached hydrogens (tertiary/aromatic N) is 1. The molecule has 1 unspecified atom stereocenters. The Morgan fingerprint density at radius 3 is 2.42 bits per heavy atom. The molecule has 0 aromatic heterocycles. The van der Waals surface area contributed by atoms with Crippen LogP contribution in [0.4, 0.5) is 0 Å². The van der Waals surface area contributed by atoms with Crippen molar-refractivity contribution in [3.8, 4) is 0 Å². The van der Waals surface area contributed by atoms with Crippen molar-refractivity contribution < 1.29 is 4.79 Å². The van der Waals surface area contributed by atoms with E-state index in [2.05, 4.69) is 39.8 Å². The minimum atomic E-state index is -0.224. The molecule has 3 fully saturated rings. The van der Waals surface area contributed by atoms with Crippen molar-refractivity contribution in [3.63, 3.8) is 0 Å². The summed E-state index contributed by atoms with van der Waals surface area (Å²) in [7, 11) is 0. The van der Waals surface area contributed by atoms with Crippen LogP contribution in [0.1, 0.15) is 18.4 Å². The topological polar surface area (TPSA) is 44.4 Å². The molecule has 3 aliphatic heterocycles. The quantitative estimate of drug-likeness (QED) is 0.758. The van der Waals surface area contributed by atoms with Crippen molar-refractivity contribution in [1.82, 2.24) is 15.5 Å². The summed E-state index contributed by atoms with van der Waals surface area (Å²) < 4.78 is 0. The first kappa shape index (κ1) is 11.4. The predicted octanol–water partition coefficient (Wildman–Crippen LogP) is 0.493. The Morgan fingerprint density at radius 2 is 1.89 bits per heavy atom. The Hall–Kier alpha value is -1.39. The Bertz CT molecular complexity index is 511. The molecule has 0 bridgehead atoms. The van der Waals surface area contributed by atoms with E-state index >= 15 is 0 Å². The fraction of sp³-hybridized carbons (Fsp3) is 0.533. The first-order valence-electron chi connectivity index (χ1n) is 7.06. The summed E-state index contributed by atoms with van der Waals surface area (Å²) in [6, 6.07) is 10.5. The van der Waals surface area contributed by atoms with Crippen LogP contribution in [0.5, 0.6) is 0 Å². The van der Waals surface area contributed by atoms with Crippen LogP contribution < -0.4 is 10.6 Å². The van der Waals surface area contributed by atoms with Crippen LogP contribution in [0, 0.1) is 0 Å². The normalized spacial score (nSPS) is 32.1. The lowest BCUT2D eigenvalue weighted by molar-refractivity contribution is -0.146. The summed E-state index contributed by atoms with van der Waals surface area (Å²) in [5.41, 5.74) is 1.29. The van der Waals surface area contributed by atoms with Crippen molar-refractivity contribution in [2.75, 3.05) is 19.6 Å². The monoisotopic (exact) mass is 257 g/mol. The third kappa shape index (κ3) is 1.44. The zero-order valence-electron chi connectivity index (χ0n) is 11.0. The summed E-state index contributed by atoms with van der Waals surface area (Å²) in [6.07, 6.45) is 2.15.